The van der Waals surface area contributed by atoms with Crippen molar-refractivity contribution in [2.75, 3.05) is 13.3 Å². The molecule has 0 fully saturated rings. The average Bonchev–Trinajstić information content (AvgIpc) is 2.96. The van der Waals surface area contributed by atoms with Gasteiger partial charge < -0.3 is 19.9 Å². The third-order valence-corrected chi connectivity index (χ3v) is 3.56. The first-order valence-corrected chi connectivity index (χ1v) is 7.07. The van der Waals surface area contributed by atoms with E-state index in [0.29, 0.717) is 13.1 Å². The van der Waals surface area contributed by atoms with Gasteiger partial charge in [0.25, 0.3) is 0 Å². The van der Waals surface area contributed by atoms with Gasteiger partial charge in [0.2, 0.25) is 6.79 Å². The SMILES string of the molecule is Cc1cccc(C(O)CNCc2cccc3c2OCO3)c1. The van der Waals surface area contributed by atoms with E-state index < -0.39 is 6.10 Å². The number of para-hydroxylation sites is 1. The van der Waals surface area contributed by atoms with Gasteiger partial charge in [-0.3, -0.25) is 0 Å². The van der Waals surface area contributed by atoms with Gasteiger partial charge in [-0.15, -0.1) is 0 Å². The first kappa shape index (κ1) is 13.9. The summed E-state index contributed by atoms with van der Waals surface area (Å²) in [5, 5.41) is 13.5. The summed E-state index contributed by atoms with van der Waals surface area (Å²) in [5.41, 5.74) is 3.12. The lowest BCUT2D eigenvalue weighted by molar-refractivity contribution is 0.170. The maximum absolute atomic E-state index is 10.2. The minimum absolute atomic E-state index is 0.276. The van der Waals surface area contributed by atoms with Crippen molar-refractivity contribution in [1.82, 2.24) is 5.32 Å². The van der Waals surface area contributed by atoms with Crippen LogP contribution >= 0.6 is 0 Å². The number of benzene rings is 2. The fourth-order valence-corrected chi connectivity index (χ4v) is 2.47. The molecular formula is C17H19NO3. The smallest absolute Gasteiger partial charge is 0.231 e. The van der Waals surface area contributed by atoms with E-state index in [9.17, 15) is 5.11 Å². The third-order valence-electron chi connectivity index (χ3n) is 3.56. The first-order chi connectivity index (χ1) is 10.2. The number of ether oxygens (including phenoxy) is 2. The molecule has 4 heteroatoms. The molecule has 0 aliphatic carbocycles. The molecule has 4 nitrogen and oxygen atoms in total. The standard InChI is InChI=1S/C17H19NO3/c1-12-4-2-5-13(8-12)15(19)10-18-9-14-6-3-7-16-17(14)21-11-20-16/h2-8,15,18-19H,9-11H2,1H3. The maximum atomic E-state index is 10.2. The van der Waals surface area contributed by atoms with Gasteiger partial charge in [-0.1, -0.05) is 42.0 Å². The van der Waals surface area contributed by atoms with Crippen molar-refractivity contribution in [2.45, 2.75) is 19.6 Å². The van der Waals surface area contributed by atoms with E-state index in [0.717, 1.165) is 28.2 Å². The minimum Gasteiger partial charge on any atom is -0.454 e. The highest BCUT2D eigenvalue weighted by Gasteiger charge is 2.17. The van der Waals surface area contributed by atoms with E-state index >= 15 is 0 Å². The van der Waals surface area contributed by atoms with Gasteiger partial charge in [-0.05, 0) is 18.6 Å². The van der Waals surface area contributed by atoms with Gasteiger partial charge in [-0.25, -0.2) is 0 Å². The average molecular weight is 285 g/mol. The number of fused-ring (bicyclic) bond motifs is 1. The maximum Gasteiger partial charge on any atom is 0.231 e. The molecule has 0 radical (unpaired) electrons. The second-order valence-electron chi connectivity index (χ2n) is 5.21. The molecule has 1 unspecified atom stereocenters. The van der Waals surface area contributed by atoms with Crippen molar-refractivity contribution in [3.8, 4) is 11.5 Å². The van der Waals surface area contributed by atoms with E-state index in [1.54, 1.807) is 0 Å². The van der Waals surface area contributed by atoms with Gasteiger partial charge >= 0.3 is 0 Å². The lowest BCUT2D eigenvalue weighted by atomic mass is 10.1. The predicted octanol–water partition coefficient (Wildman–Crippen LogP) is 2.55. The van der Waals surface area contributed by atoms with E-state index in [1.807, 2.05) is 49.4 Å². The summed E-state index contributed by atoms with van der Waals surface area (Å²) in [6.07, 6.45) is -0.515. The fourth-order valence-electron chi connectivity index (χ4n) is 2.47. The first-order valence-electron chi connectivity index (χ1n) is 7.07. The summed E-state index contributed by atoms with van der Waals surface area (Å²) >= 11 is 0. The Balaban J connectivity index is 1.58. The number of aliphatic hydroxyl groups is 1. The topological polar surface area (TPSA) is 50.7 Å². The number of hydrogen-bond acceptors (Lipinski definition) is 4. The lowest BCUT2D eigenvalue weighted by Gasteiger charge is -2.13. The molecule has 2 N–H and O–H groups in total. The number of nitrogens with one attached hydrogen (secondary N) is 1. The molecule has 1 aliphatic heterocycles. The Morgan fingerprint density at radius 2 is 2.05 bits per heavy atom. The molecule has 1 heterocycles. The molecule has 1 atom stereocenters. The molecular weight excluding hydrogens is 266 g/mol. The summed E-state index contributed by atoms with van der Waals surface area (Å²) in [5.74, 6) is 1.59. The van der Waals surface area contributed by atoms with Crippen LogP contribution in [0.5, 0.6) is 11.5 Å². The zero-order chi connectivity index (χ0) is 14.7. The van der Waals surface area contributed by atoms with Crippen LogP contribution in [0.2, 0.25) is 0 Å². The zero-order valence-corrected chi connectivity index (χ0v) is 12.0. The van der Waals surface area contributed by atoms with Crippen molar-refractivity contribution in [2.24, 2.45) is 0 Å². The summed E-state index contributed by atoms with van der Waals surface area (Å²) in [4.78, 5) is 0. The van der Waals surface area contributed by atoms with Crippen molar-refractivity contribution in [1.29, 1.82) is 0 Å². The van der Waals surface area contributed by atoms with Gasteiger partial charge in [0.1, 0.15) is 0 Å². The highest BCUT2D eigenvalue weighted by Crippen LogP contribution is 2.35. The Bertz CT molecular complexity index is 627. The van der Waals surface area contributed by atoms with Crippen LogP contribution in [0, 0.1) is 6.92 Å². The molecule has 21 heavy (non-hydrogen) atoms. The minimum atomic E-state index is -0.515. The van der Waals surface area contributed by atoms with Gasteiger partial charge in [0.05, 0.1) is 6.10 Å². The van der Waals surface area contributed by atoms with Crippen molar-refractivity contribution < 1.29 is 14.6 Å². The monoisotopic (exact) mass is 285 g/mol. The van der Waals surface area contributed by atoms with E-state index in [4.69, 9.17) is 9.47 Å². The van der Waals surface area contributed by atoms with Crippen molar-refractivity contribution in [3.05, 3.63) is 59.2 Å². The number of aliphatic hydroxyl groups excluding tert-OH is 1. The zero-order valence-electron chi connectivity index (χ0n) is 12.0. The number of rotatable bonds is 5. The number of aryl methyl sites for hydroxylation is 1. The van der Waals surface area contributed by atoms with Crippen molar-refractivity contribution in [3.63, 3.8) is 0 Å². The molecule has 3 rings (SSSR count). The Morgan fingerprint density at radius 3 is 2.90 bits per heavy atom. The summed E-state index contributed by atoms with van der Waals surface area (Å²) < 4.78 is 10.8. The summed E-state index contributed by atoms with van der Waals surface area (Å²) in [6.45, 7) is 3.43. The summed E-state index contributed by atoms with van der Waals surface area (Å²) in [6, 6.07) is 13.8. The fraction of sp³-hybridized carbons (Fsp3) is 0.294. The molecule has 2 aromatic rings. The Labute approximate surface area is 124 Å². The van der Waals surface area contributed by atoms with Gasteiger partial charge in [0, 0.05) is 18.7 Å². The molecule has 110 valence electrons. The van der Waals surface area contributed by atoms with Crippen LogP contribution in [0.4, 0.5) is 0 Å². The van der Waals surface area contributed by atoms with E-state index in [-0.39, 0.29) is 6.79 Å². The molecule has 0 amide bonds. The van der Waals surface area contributed by atoms with Gasteiger partial charge in [-0.2, -0.15) is 0 Å². The molecule has 0 spiro atoms. The van der Waals surface area contributed by atoms with Crippen LogP contribution in [-0.2, 0) is 6.54 Å². The van der Waals surface area contributed by atoms with E-state index in [1.165, 1.54) is 0 Å². The van der Waals surface area contributed by atoms with Crippen molar-refractivity contribution >= 4 is 0 Å². The van der Waals surface area contributed by atoms with E-state index in [2.05, 4.69) is 5.32 Å². The molecule has 0 bridgehead atoms. The normalized spacial score (nSPS) is 14.2. The van der Waals surface area contributed by atoms with Crippen LogP contribution in [0.15, 0.2) is 42.5 Å². The van der Waals surface area contributed by atoms with Crippen LogP contribution in [0.25, 0.3) is 0 Å². The summed E-state index contributed by atoms with van der Waals surface area (Å²) in [7, 11) is 0. The molecule has 2 aromatic carbocycles. The quantitative estimate of drug-likeness (QED) is 0.886. The second kappa shape index (κ2) is 6.16. The van der Waals surface area contributed by atoms with Crippen LogP contribution in [0.1, 0.15) is 22.8 Å². The van der Waals surface area contributed by atoms with Gasteiger partial charge in [0.15, 0.2) is 11.5 Å². The predicted molar refractivity (Wildman–Crippen MR) is 80.4 cm³/mol. The molecule has 1 aliphatic rings. The highest BCUT2D eigenvalue weighted by molar-refractivity contribution is 5.48. The highest BCUT2D eigenvalue weighted by atomic mass is 16.7. The second-order valence-corrected chi connectivity index (χ2v) is 5.21. The largest absolute Gasteiger partial charge is 0.454 e. The Kier molecular flexibility index (Phi) is 4.08. The van der Waals surface area contributed by atoms with Crippen LogP contribution in [-0.4, -0.2) is 18.4 Å². The number of hydrogen-bond donors (Lipinski definition) is 2. The Hall–Kier alpha value is -2.04. The Morgan fingerprint density at radius 1 is 1.19 bits per heavy atom. The van der Waals surface area contributed by atoms with Crippen LogP contribution < -0.4 is 14.8 Å². The molecule has 0 saturated heterocycles. The third kappa shape index (κ3) is 3.17. The molecule has 0 saturated carbocycles. The molecule has 0 aromatic heterocycles. The van der Waals surface area contributed by atoms with Crippen LogP contribution in [0.3, 0.4) is 0 Å². The lowest BCUT2D eigenvalue weighted by Crippen LogP contribution is -2.21.